The molecule has 236 valence electrons. The van der Waals surface area contributed by atoms with Crippen LogP contribution in [0, 0.1) is 17.6 Å². The minimum Gasteiger partial charge on any atom is -0.487 e. The molecule has 2 saturated heterocycles. The molecule has 44 heavy (non-hydrogen) atoms. The van der Waals surface area contributed by atoms with Crippen molar-refractivity contribution in [2.24, 2.45) is 5.92 Å². The summed E-state index contributed by atoms with van der Waals surface area (Å²) < 4.78 is 51.5. The Bertz CT molecular complexity index is 1530. The maximum absolute atomic E-state index is 16.1. The normalized spacial score (nSPS) is 24.7. The van der Waals surface area contributed by atoms with Crippen LogP contribution < -0.4 is 4.74 Å². The van der Waals surface area contributed by atoms with Crippen molar-refractivity contribution in [2.75, 3.05) is 26.7 Å². The van der Waals surface area contributed by atoms with Gasteiger partial charge in [-0.05, 0) is 76.6 Å². The Morgan fingerprint density at radius 2 is 1.84 bits per heavy atom. The topological polar surface area (TPSA) is 69.1 Å². The van der Waals surface area contributed by atoms with Crippen molar-refractivity contribution in [3.8, 4) is 5.75 Å². The first kappa shape index (κ1) is 29.5. The SMILES string of the molecule is CN1Cc2c(ccc3c2cnn3C2CCCCO2)[C@@H](c2c(F)cc(OC3CN(C(=O)OC(C)(C)C)C3)cc2F)[C@@H]1CC1CC1. The Morgan fingerprint density at radius 3 is 2.50 bits per heavy atom. The number of hydrogen-bond donors (Lipinski definition) is 0. The van der Waals surface area contributed by atoms with E-state index in [0.29, 0.717) is 25.6 Å². The summed E-state index contributed by atoms with van der Waals surface area (Å²) in [5.41, 5.74) is 2.52. The average molecular weight is 609 g/mol. The average Bonchev–Trinajstić information content (AvgIpc) is 3.66. The van der Waals surface area contributed by atoms with Gasteiger partial charge in [-0.3, -0.25) is 4.90 Å². The fourth-order valence-electron chi connectivity index (χ4n) is 7.10. The van der Waals surface area contributed by atoms with Crippen LogP contribution in [0.25, 0.3) is 10.9 Å². The number of carbonyl (C=O) groups excluding carboxylic acids is 1. The lowest BCUT2D eigenvalue weighted by atomic mass is 9.76. The Hall–Kier alpha value is -3.24. The molecule has 3 atom stereocenters. The highest BCUT2D eigenvalue weighted by Gasteiger charge is 2.42. The molecule has 0 radical (unpaired) electrons. The second-order valence-corrected chi connectivity index (χ2v) is 14.0. The molecule has 1 amide bonds. The molecule has 3 aromatic rings. The molecule has 8 nitrogen and oxygen atoms in total. The molecule has 3 aliphatic heterocycles. The third kappa shape index (κ3) is 5.67. The maximum Gasteiger partial charge on any atom is 0.410 e. The van der Waals surface area contributed by atoms with Crippen molar-refractivity contribution >= 4 is 17.0 Å². The minimum atomic E-state index is -0.609. The number of likely N-dealkylation sites (N-methyl/N-ethyl adjacent to an activating group) is 1. The van der Waals surface area contributed by atoms with Gasteiger partial charge in [-0.2, -0.15) is 5.10 Å². The molecule has 2 aromatic carbocycles. The van der Waals surface area contributed by atoms with Gasteiger partial charge in [-0.15, -0.1) is 0 Å². The molecule has 10 heteroatoms. The second-order valence-electron chi connectivity index (χ2n) is 14.0. The number of amides is 1. The summed E-state index contributed by atoms with van der Waals surface area (Å²) in [6.45, 7) is 7.46. The van der Waals surface area contributed by atoms with Gasteiger partial charge in [-0.25, -0.2) is 18.3 Å². The van der Waals surface area contributed by atoms with Crippen LogP contribution in [0.5, 0.6) is 5.75 Å². The number of carbonyl (C=O) groups is 1. The highest BCUT2D eigenvalue weighted by molar-refractivity contribution is 5.84. The van der Waals surface area contributed by atoms with E-state index in [-0.39, 0.29) is 29.7 Å². The molecule has 1 aliphatic carbocycles. The highest BCUT2D eigenvalue weighted by Crippen LogP contribution is 2.47. The molecule has 0 N–H and O–H groups in total. The molecule has 0 spiro atoms. The first-order chi connectivity index (χ1) is 21.1. The molecule has 3 fully saturated rings. The number of aromatic nitrogens is 2. The van der Waals surface area contributed by atoms with Gasteiger partial charge >= 0.3 is 6.09 Å². The second kappa shape index (κ2) is 11.3. The Labute approximate surface area is 257 Å². The van der Waals surface area contributed by atoms with Crippen LogP contribution in [0.15, 0.2) is 30.5 Å². The first-order valence-corrected chi connectivity index (χ1v) is 16.0. The lowest BCUT2D eigenvalue weighted by molar-refractivity contribution is -0.0366. The number of nitrogens with zero attached hydrogens (tertiary/aromatic N) is 4. The van der Waals surface area contributed by atoms with E-state index >= 15 is 8.78 Å². The fraction of sp³-hybridized carbons (Fsp3) is 0.588. The van der Waals surface area contributed by atoms with E-state index in [1.165, 1.54) is 17.0 Å². The van der Waals surface area contributed by atoms with E-state index in [0.717, 1.165) is 67.2 Å². The van der Waals surface area contributed by atoms with E-state index < -0.39 is 29.2 Å². The molecule has 1 aromatic heterocycles. The standard InChI is InChI=1S/C34H42F2N4O4/c1-34(2,3)44-33(41)39-17-22(18-39)43-21-14-26(35)32(27(36)15-21)31-23-10-11-28-24(16-37-40(28)30-7-5-6-12-42-30)25(23)19-38(4)29(31)13-20-8-9-20/h10-11,14-16,20,22,29-31H,5-9,12-13,17-19H2,1-4H3/t29-,30?,31+/m0/s1. The predicted molar refractivity (Wildman–Crippen MR) is 162 cm³/mol. The van der Waals surface area contributed by atoms with Gasteiger partial charge < -0.3 is 19.1 Å². The fourth-order valence-corrected chi connectivity index (χ4v) is 7.10. The van der Waals surface area contributed by atoms with Gasteiger partial charge in [0.25, 0.3) is 0 Å². The van der Waals surface area contributed by atoms with Crippen LogP contribution in [0.2, 0.25) is 0 Å². The summed E-state index contributed by atoms with van der Waals surface area (Å²) in [4.78, 5) is 16.1. The zero-order chi connectivity index (χ0) is 30.7. The van der Waals surface area contributed by atoms with Crippen LogP contribution in [0.3, 0.4) is 0 Å². The molecular weight excluding hydrogens is 566 g/mol. The minimum absolute atomic E-state index is 0.0334. The number of rotatable bonds is 6. The number of halogens is 2. The van der Waals surface area contributed by atoms with Crippen LogP contribution in [-0.2, 0) is 16.0 Å². The van der Waals surface area contributed by atoms with Crippen molar-refractivity contribution in [3.05, 3.63) is 58.8 Å². The van der Waals surface area contributed by atoms with Crippen LogP contribution in [0.1, 0.15) is 88.1 Å². The van der Waals surface area contributed by atoms with E-state index in [9.17, 15) is 4.79 Å². The van der Waals surface area contributed by atoms with Crippen molar-refractivity contribution in [3.63, 3.8) is 0 Å². The van der Waals surface area contributed by atoms with E-state index in [1.807, 2.05) is 37.7 Å². The summed E-state index contributed by atoms with van der Waals surface area (Å²) in [5, 5.41) is 5.74. The van der Waals surface area contributed by atoms with E-state index in [1.54, 1.807) is 0 Å². The zero-order valence-electron chi connectivity index (χ0n) is 26.0. The number of fused-ring (bicyclic) bond motifs is 3. The van der Waals surface area contributed by atoms with Gasteiger partial charge in [0.1, 0.15) is 29.1 Å². The molecule has 0 bridgehead atoms. The van der Waals surface area contributed by atoms with E-state index in [2.05, 4.69) is 18.0 Å². The summed E-state index contributed by atoms with van der Waals surface area (Å²) >= 11 is 0. The number of hydrogen-bond acceptors (Lipinski definition) is 6. The van der Waals surface area contributed by atoms with Crippen LogP contribution >= 0.6 is 0 Å². The molecule has 4 aliphatic rings. The summed E-state index contributed by atoms with van der Waals surface area (Å²) in [7, 11) is 2.07. The van der Waals surface area contributed by atoms with Gasteiger partial charge in [-0.1, -0.05) is 18.9 Å². The predicted octanol–water partition coefficient (Wildman–Crippen LogP) is 6.76. The number of likely N-dealkylation sites (tertiary alicyclic amines) is 1. The third-order valence-corrected chi connectivity index (χ3v) is 9.49. The lowest BCUT2D eigenvalue weighted by Gasteiger charge is -2.42. The molecule has 7 rings (SSSR count). The van der Waals surface area contributed by atoms with Crippen molar-refractivity contribution in [1.82, 2.24) is 19.6 Å². The number of benzene rings is 2. The Kier molecular flexibility index (Phi) is 7.56. The maximum atomic E-state index is 16.1. The van der Waals surface area contributed by atoms with Gasteiger partial charge in [0.15, 0.2) is 6.23 Å². The highest BCUT2D eigenvalue weighted by atomic mass is 19.1. The molecule has 1 saturated carbocycles. The molecule has 1 unspecified atom stereocenters. The third-order valence-electron chi connectivity index (χ3n) is 9.49. The van der Waals surface area contributed by atoms with E-state index in [4.69, 9.17) is 19.3 Å². The summed E-state index contributed by atoms with van der Waals surface area (Å²) in [6, 6.07) is 6.67. The van der Waals surface area contributed by atoms with Crippen molar-refractivity contribution < 1.29 is 27.8 Å². The van der Waals surface area contributed by atoms with Crippen molar-refractivity contribution in [1.29, 1.82) is 0 Å². The Morgan fingerprint density at radius 1 is 1.09 bits per heavy atom. The number of ether oxygens (including phenoxy) is 3. The van der Waals surface area contributed by atoms with Gasteiger partial charge in [0, 0.05) is 48.2 Å². The lowest BCUT2D eigenvalue weighted by Crippen LogP contribution is -2.57. The largest absolute Gasteiger partial charge is 0.487 e. The van der Waals surface area contributed by atoms with Crippen LogP contribution in [-0.4, -0.2) is 70.2 Å². The molecular formula is C34H42F2N4O4. The van der Waals surface area contributed by atoms with Crippen molar-refractivity contribution in [2.45, 2.75) is 95.7 Å². The quantitative estimate of drug-likeness (QED) is 0.308. The van der Waals surface area contributed by atoms with Crippen LogP contribution in [0.4, 0.5) is 13.6 Å². The monoisotopic (exact) mass is 608 g/mol. The zero-order valence-corrected chi connectivity index (χ0v) is 26.0. The Balaban J connectivity index is 1.18. The molecule has 4 heterocycles. The van der Waals surface area contributed by atoms with Gasteiger partial charge in [0.05, 0.1) is 24.8 Å². The summed E-state index contributed by atoms with van der Waals surface area (Å²) in [6.07, 6.45) is 7.34. The van der Waals surface area contributed by atoms with Gasteiger partial charge in [0.2, 0.25) is 0 Å². The summed E-state index contributed by atoms with van der Waals surface area (Å²) in [5.74, 6) is -0.974. The smallest absolute Gasteiger partial charge is 0.410 e. The first-order valence-electron chi connectivity index (χ1n) is 16.0.